The first kappa shape index (κ1) is 14.6. The Morgan fingerprint density at radius 2 is 1.35 bits per heavy atom. The van der Waals surface area contributed by atoms with E-state index in [0.717, 1.165) is 0 Å². The average molecular weight is 281 g/mol. The minimum atomic E-state index is -6.04. The Labute approximate surface area is 94.7 Å². The van der Waals surface area contributed by atoms with Gasteiger partial charge in [-0.3, -0.25) is 0 Å². The highest BCUT2D eigenvalue weighted by Gasteiger charge is 2.72. The molecule has 9 heteroatoms. The van der Waals surface area contributed by atoms with Gasteiger partial charge in [0.15, 0.2) is 0 Å². The molecule has 1 aliphatic carbocycles. The largest absolute Gasteiger partial charge is 0.747 e. The second-order valence-electron chi connectivity index (χ2n) is 4.08. The van der Waals surface area contributed by atoms with Crippen LogP contribution in [0, 0.1) is 0 Å². The van der Waals surface area contributed by atoms with E-state index in [4.69, 9.17) is 0 Å². The average Bonchev–Trinajstić information content (AvgIpc) is 2.15. The van der Waals surface area contributed by atoms with E-state index in [1.165, 1.54) is 0 Å². The Morgan fingerprint density at radius 3 is 1.65 bits per heavy atom. The third kappa shape index (κ3) is 2.14. The van der Waals surface area contributed by atoms with E-state index in [9.17, 15) is 34.9 Å². The summed E-state index contributed by atoms with van der Waals surface area (Å²) in [5, 5.41) is 0. The first-order valence-electron chi connectivity index (χ1n) is 4.86. The van der Waals surface area contributed by atoms with Gasteiger partial charge in [0.1, 0.15) is 14.9 Å². The van der Waals surface area contributed by atoms with E-state index in [2.05, 4.69) is 0 Å². The van der Waals surface area contributed by atoms with Crippen molar-refractivity contribution in [1.82, 2.24) is 0 Å². The van der Waals surface area contributed by atoms with E-state index in [0.29, 0.717) is 6.42 Å². The second kappa shape index (κ2) is 4.04. The van der Waals surface area contributed by atoms with Crippen molar-refractivity contribution >= 4 is 10.1 Å². The van der Waals surface area contributed by atoms with Crippen LogP contribution in [0.15, 0.2) is 0 Å². The summed E-state index contributed by atoms with van der Waals surface area (Å²) < 4.78 is 92.3. The van der Waals surface area contributed by atoms with Gasteiger partial charge in [-0.25, -0.2) is 8.42 Å². The smallest absolute Gasteiger partial charge is 0.454 e. The van der Waals surface area contributed by atoms with E-state index in [1.807, 2.05) is 0 Å². The van der Waals surface area contributed by atoms with E-state index in [-0.39, 0.29) is 12.8 Å². The predicted molar refractivity (Wildman–Crippen MR) is 46.5 cm³/mol. The fraction of sp³-hybridized carbons (Fsp3) is 1.00. The van der Waals surface area contributed by atoms with E-state index >= 15 is 0 Å². The van der Waals surface area contributed by atoms with Gasteiger partial charge < -0.3 is 4.55 Å². The van der Waals surface area contributed by atoms with Crippen molar-refractivity contribution in [3.8, 4) is 0 Å². The van der Waals surface area contributed by atoms with Gasteiger partial charge >= 0.3 is 12.1 Å². The lowest BCUT2D eigenvalue weighted by Crippen LogP contribution is -2.61. The fourth-order valence-corrected chi connectivity index (χ4v) is 3.32. The molecule has 17 heavy (non-hydrogen) atoms. The Hall–Kier alpha value is -0.440. The maximum atomic E-state index is 13.3. The Balaban J connectivity index is 3.35. The summed E-state index contributed by atoms with van der Waals surface area (Å²) in [5.41, 5.74) is 0. The quantitative estimate of drug-likeness (QED) is 0.577. The zero-order valence-electron chi connectivity index (χ0n) is 8.56. The number of halogens is 5. The molecule has 1 rings (SSSR count). The molecule has 0 amide bonds. The number of alkyl halides is 5. The zero-order chi connectivity index (χ0) is 13.5. The molecule has 1 saturated carbocycles. The lowest BCUT2D eigenvalue weighted by atomic mass is 9.83. The first-order chi connectivity index (χ1) is 7.46. The molecule has 0 aromatic carbocycles. The Kier molecular flexibility index (Phi) is 3.48. The molecule has 0 bridgehead atoms. The highest BCUT2D eigenvalue weighted by Crippen LogP contribution is 2.53. The van der Waals surface area contributed by atoms with Gasteiger partial charge in [-0.2, -0.15) is 22.0 Å². The van der Waals surface area contributed by atoms with Gasteiger partial charge in [0.25, 0.3) is 0 Å². The summed E-state index contributed by atoms with van der Waals surface area (Å²) in [4.78, 5) is 0. The molecule has 0 atom stereocenters. The highest BCUT2D eigenvalue weighted by atomic mass is 32.2. The predicted octanol–water partition coefficient (Wildman–Crippen LogP) is 2.43. The lowest BCUT2D eigenvalue weighted by Gasteiger charge is -2.44. The molecule has 0 aromatic heterocycles. The van der Waals surface area contributed by atoms with Gasteiger partial charge in [-0.15, -0.1) is 0 Å². The van der Waals surface area contributed by atoms with Crippen LogP contribution in [0.25, 0.3) is 0 Å². The molecule has 3 nitrogen and oxygen atoms in total. The minimum Gasteiger partial charge on any atom is -0.747 e. The molecule has 1 fully saturated rings. The summed E-state index contributed by atoms with van der Waals surface area (Å²) in [7, 11) is -5.75. The molecule has 1 aliphatic rings. The number of rotatable bonds is 2. The van der Waals surface area contributed by atoms with Crippen LogP contribution in [0.2, 0.25) is 0 Å². The summed E-state index contributed by atoms with van der Waals surface area (Å²) in [5.74, 6) is -5.51. The van der Waals surface area contributed by atoms with Crippen molar-refractivity contribution in [2.75, 3.05) is 0 Å². The maximum absolute atomic E-state index is 13.3. The van der Waals surface area contributed by atoms with Crippen LogP contribution in [0.5, 0.6) is 0 Å². The summed E-state index contributed by atoms with van der Waals surface area (Å²) >= 11 is 0. The normalized spacial score (nSPS) is 22.5. The van der Waals surface area contributed by atoms with Crippen LogP contribution in [-0.4, -0.2) is 29.8 Å². The van der Waals surface area contributed by atoms with Gasteiger partial charge in [-0.1, -0.05) is 19.3 Å². The van der Waals surface area contributed by atoms with Crippen molar-refractivity contribution in [2.45, 2.75) is 48.9 Å². The van der Waals surface area contributed by atoms with Crippen LogP contribution in [0.1, 0.15) is 32.1 Å². The summed E-state index contributed by atoms with van der Waals surface area (Å²) in [6, 6.07) is 0. The molecule has 0 radical (unpaired) electrons. The first-order valence-corrected chi connectivity index (χ1v) is 6.26. The molecule has 102 valence electrons. The van der Waals surface area contributed by atoms with Crippen molar-refractivity contribution in [2.24, 2.45) is 0 Å². The SMILES string of the molecule is O=S(=O)([O-])C1(C(F)(F)C(F)(F)F)CCCCC1. The molecule has 0 N–H and O–H groups in total. The highest BCUT2D eigenvalue weighted by molar-refractivity contribution is 7.87. The fourth-order valence-electron chi connectivity index (χ4n) is 2.10. The van der Waals surface area contributed by atoms with Crippen molar-refractivity contribution in [3.05, 3.63) is 0 Å². The van der Waals surface area contributed by atoms with Crippen molar-refractivity contribution in [1.29, 1.82) is 0 Å². The zero-order valence-corrected chi connectivity index (χ0v) is 9.37. The molecule has 0 heterocycles. The Morgan fingerprint density at radius 1 is 0.941 bits per heavy atom. The van der Waals surface area contributed by atoms with Gasteiger partial charge in [-0.05, 0) is 12.8 Å². The molecule has 0 spiro atoms. The summed E-state index contributed by atoms with van der Waals surface area (Å²) in [6.45, 7) is 0. The maximum Gasteiger partial charge on any atom is 0.454 e. The van der Waals surface area contributed by atoms with E-state index in [1.54, 1.807) is 0 Å². The van der Waals surface area contributed by atoms with Gasteiger partial charge in [0, 0.05) is 0 Å². The lowest BCUT2D eigenvalue weighted by molar-refractivity contribution is -0.299. The number of hydrogen-bond acceptors (Lipinski definition) is 3. The summed E-state index contributed by atoms with van der Waals surface area (Å²) in [6.07, 6.45) is -7.87. The topological polar surface area (TPSA) is 57.2 Å². The molecule has 0 saturated heterocycles. The monoisotopic (exact) mass is 281 g/mol. The standard InChI is InChI=1S/C8H11F5O3S/c9-7(10,8(11,12)13)6(17(14,15)16)4-2-1-3-5-6/h1-5H2,(H,14,15,16)/p-1. The third-order valence-corrected chi connectivity index (χ3v) is 4.69. The van der Waals surface area contributed by atoms with Crippen LogP contribution in [0.4, 0.5) is 22.0 Å². The molecular formula is C8H10F5O3S-. The van der Waals surface area contributed by atoms with Crippen LogP contribution >= 0.6 is 0 Å². The minimum absolute atomic E-state index is 0.132. The van der Waals surface area contributed by atoms with Gasteiger partial charge in [0.05, 0.1) is 0 Å². The second-order valence-corrected chi connectivity index (χ2v) is 5.77. The van der Waals surface area contributed by atoms with Crippen LogP contribution < -0.4 is 0 Å². The Bertz CT molecular complexity index is 380. The number of hydrogen-bond donors (Lipinski definition) is 0. The molecule has 0 aliphatic heterocycles. The van der Waals surface area contributed by atoms with E-state index < -0.39 is 39.8 Å². The van der Waals surface area contributed by atoms with Crippen molar-refractivity contribution in [3.63, 3.8) is 0 Å². The third-order valence-electron chi connectivity index (χ3n) is 3.07. The molecule has 0 aromatic rings. The van der Waals surface area contributed by atoms with Gasteiger partial charge in [0.2, 0.25) is 0 Å². The molecular weight excluding hydrogens is 271 g/mol. The van der Waals surface area contributed by atoms with Crippen LogP contribution in [0.3, 0.4) is 0 Å². The molecule has 0 unspecified atom stereocenters. The van der Waals surface area contributed by atoms with Crippen molar-refractivity contribution < 1.29 is 34.9 Å². The van der Waals surface area contributed by atoms with Crippen LogP contribution in [-0.2, 0) is 10.1 Å².